The summed E-state index contributed by atoms with van der Waals surface area (Å²) in [6.45, 7) is -0.0958. The van der Waals surface area contributed by atoms with Crippen LogP contribution in [0.5, 0.6) is 5.75 Å². The molecule has 0 unspecified atom stereocenters. The van der Waals surface area contributed by atoms with Gasteiger partial charge in [0.1, 0.15) is 11.3 Å². The Hall–Kier alpha value is -2.58. The number of carbonyl (C=O) groups is 1. The van der Waals surface area contributed by atoms with Crippen LogP contribution < -0.4 is 4.72 Å². The van der Waals surface area contributed by atoms with Crippen LogP contribution >= 0.6 is 0 Å². The van der Waals surface area contributed by atoms with Crippen molar-refractivity contribution >= 4 is 21.7 Å². The second-order valence-electron chi connectivity index (χ2n) is 4.76. The van der Waals surface area contributed by atoms with E-state index in [-0.39, 0.29) is 22.8 Å². The second kappa shape index (κ2) is 6.67. The lowest BCUT2D eigenvalue weighted by molar-refractivity contribution is 0.0694. The van der Waals surface area contributed by atoms with E-state index in [4.69, 9.17) is 10.2 Å². The third-order valence-electron chi connectivity index (χ3n) is 3.09. The van der Waals surface area contributed by atoms with Gasteiger partial charge in [0.2, 0.25) is 0 Å². The topological polar surface area (TPSA) is 124 Å². The van der Waals surface area contributed by atoms with Gasteiger partial charge in [-0.2, -0.15) is 0 Å². The van der Waals surface area contributed by atoms with Crippen molar-refractivity contribution < 1.29 is 28.5 Å². The van der Waals surface area contributed by atoms with E-state index in [9.17, 15) is 18.3 Å². The van der Waals surface area contributed by atoms with Crippen LogP contribution in [0.25, 0.3) is 0 Å². The molecule has 0 saturated carbocycles. The number of hydrogen-bond donors (Lipinski definition) is 4. The van der Waals surface area contributed by atoms with Crippen molar-refractivity contribution in [2.45, 2.75) is 11.3 Å². The molecule has 8 heteroatoms. The maximum absolute atomic E-state index is 12.3. The molecule has 0 bridgehead atoms. The SMILES string of the molecule is O=C(O)c1ccc(NS(=O)(=O)c2cccc(CCO)c2)cc1O. The molecule has 0 amide bonds. The molecule has 0 fully saturated rings. The van der Waals surface area contributed by atoms with E-state index < -0.39 is 21.7 Å². The van der Waals surface area contributed by atoms with Crippen molar-refractivity contribution in [2.24, 2.45) is 0 Å². The van der Waals surface area contributed by atoms with Gasteiger partial charge in [0.25, 0.3) is 10.0 Å². The summed E-state index contributed by atoms with van der Waals surface area (Å²) in [5.41, 5.74) is 0.386. The molecule has 2 aromatic carbocycles. The average molecular weight is 337 g/mol. The zero-order chi connectivity index (χ0) is 17.0. The van der Waals surface area contributed by atoms with E-state index in [2.05, 4.69) is 4.72 Å². The van der Waals surface area contributed by atoms with E-state index in [1.165, 1.54) is 18.2 Å². The van der Waals surface area contributed by atoms with E-state index in [1.54, 1.807) is 12.1 Å². The Morgan fingerprint density at radius 3 is 2.48 bits per heavy atom. The first kappa shape index (κ1) is 16.8. The van der Waals surface area contributed by atoms with Crippen LogP contribution in [0, 0.1) is 0 Å². The van der Waals surface area contributed by atoms with Crippen LogP contribution in [0.4, 0.5) is 5.69 Å². The first-order valence-electron chi connectivity index (χ1n) is 6.62. The van der Waals surface area contributed by atoms with Crippen LogP contribution in [0.3, 0.4) is 0 Å². The Morgan fingerprint density at radius 1 is 1.13 bits per heavy atom. The van der Waals surface area contributed by atoms with Crippen molar-refractivity contribution in [2.75, 3.05) is 11.3 Å². The number of rotatable bonds is 6. The van der Waals surface area contributed by atoms with Gasteiger partial charge < -0.3 is 15.3 Å². The van der Waals surface area contributed by atoms with Gasteiger partial charge in [-0.3, -0.25) is 4.72 Å². The molecule has 0 aliphatic heterocycles. The normalized spacial score (nSPS) is 11.2. The molecule has 4 N–H and O–H groups in total. The number of carboxylic acid groups (broad SMARTS) is 1. The Kier molecular flexibility index (Phi) is 4.87. The molecule has 0 aliphatic rings. The minimum absolute atomic E-state index is 0.00486. The summed E-state index contributed by atoms with van der Waals surface area (Å²) < 4.78 is 26.9. The number of aromatic carboxylic acids is 1. The van der Waals surface area contributed by atoms with Crippen LogP contribution in [0.2, 0.25) is 0 Å². The Bertz CT molecular complexity index is 832. The molecule has 2 aromatic rings. The third kappa shape index (κ3) is 3.99. The van der Waals surface area contributed by atoms with Crippen LogP contribution in [-0.2, 0) is 16.4 Å². The van der Waals surface area contributed by atoms with Gasteiger partial charge in [-0.15, -0.1) is 0 Å². The number of aromatic hydroxyl groups is 1. The summed E-state index contributed by atoms with van der Waals surface area (Å²) in [4.78, 5) is 10.8. The first-order chi connectivity index (χ1) is 10.8. The third-order valence-corrected chi connectivity index (χ3v) is 4.47. The highest BCUT2D eigenvalue weighted by molar-refractivity contribution is 7.92. The Balaban J connectivity index is 2.29. The molecule has 23 heavy (non-hydrogen) atoms. The highest BCUT2D eigenvalue weighted by Crippen LogP contribution is 2.24. The minimum Gasteiger partial charge on any atom is -0.507 e. The molecule has 0 aliphatic carbocycles. The average Bonchev–Trinajstić information content (AvgIpc) is 2.47. The maximum Gasteiger partial charge on any atom is 0.339 e. The lowest BCUT2D eigenvalue weighted by atomic mass is 10.2. The van der Waals surface area contributed by atoms with E-state index in [0.717, 1.165) is 12.1 Å². The van der Waals surface area contributed by atoms with Gasteiger partial charge >= 0.3 is 5.97 Å². The van der Waals surface area contributed by atoms with Gasteiger partial charge in [0.05, 0.1) is 10.6 Å². The number of anilines is 1. The first-order valence-corrected chi connectivity index (χ1v) is 8.11. The highest BCUT2D eigenvalue weighted by atomic mass is 32.2. The number of benzene rings is 2. The van der Waals surface area contributed by atoms with Gasteiger partial charge in [-0.1, -0.05) is 12.1 Å². The van der Waals surface area contributed by atoms with Crippen molar-refractivity contribution in [1.29, 1.82) is 0 Å². The minimum atomic E-state index is -3.89. The smallest absolute Gasteiger partial charge is 0.339 e. The van der Waals surface area contributed by atoms with Crippen molar-refractivity contribution in [3.8, 4) is 5.75 Å². The van der Waals surface area contributed by atoms with Crippen LogP contribution in [0.15, 0.2) is 47.4 Å². The number of aliphatic hydroxyl groups excluding tert-OH is 1. The molecule has 0 aromatic heterocycles. The Morgan fingerprint density at radius 2 is 1.87 bits per heavy atom. The fraction of sp³-hybridized carbons (Fsp3) is 0.133. The summed E-state index contributed by atoms with van der Waals surface area (Å²) in [5.74, 6) is -1.85. The zero-order valence-electron chi connectivity index (χ0n) is 11.9. The largest absolute Gasteiger partial charge is 0.507 e. The summed E-state index contributed by atoms with van der Waals surface area (Å²) in [7, 11) is -3.89. The van der Waals surface area contributed by atoms with Crippen molar-refractivity contribution in [3.05, 3.63) is 53.6 Å². The van der Waals surface area contributed by atoms with E-state index in [0.29, 0.717) is 12.0 Å². The summed E-state index contributed by atoms with van der Waals surface area (Å²) in [6, 6.07) is 9.47. The second-order valence-corrected chi connectivity index (χ2v) is 6.45. The van der Waals surface area contributed by atoms with Crippen LogP contribution in [0.1, 0.15) is 15.9 Å². The predicted octanol–water partition coefficient (Wildman–Crippen LogP) is 1.43. The number of sulfonamides is 1. The number of hydrogen-bond acceptors (Lipinski definition) is 5. The summed E-state index contributed by atoms with van der Waals surface area (Å²) in [5, 5.41) is 27.3. The predicted molar refractivity (Wildman–Crippen MR) is 83.1 cm³/mol. The molecule has 0 spiro atoms. The monoisotopic (exact) mass is 337 g/mol. The summed E-state index contributed by atoms with van der Waals surface area (Å²) >= 11 is 0. The quantitative estimate of drug-likeness (QED) is 0.632. The number of phenols is 1. The summed E-state index contributed by atoms with van der Waals surface area (Å²) in [6.07, 6.45) is 0.331. The van der Waals surface area contributed by atoms with Gasteiger partial charge in [0.15, 0.2) is 0 Å². The van der Waals surface area contributed by atoms with E-state index >= 15 is 0 Å². The molecular formula is C15H15NO6S. The van der Waals surface area contributed by atoms with E-state index in [1.807, 2.05) is 0 Å². The van der Waals surface area contributed by atoms with Gasteiger partial charge in [0, 0.05) is 12.7 Å². The molecule has 0 heterocycles. The molecule has 2 rings (SSSR count). The number of carboxylic acids is 1. The molecule has 0 saturated heterocycles. The lowest BCUT2D eigenvalue weighted by Gasteiger charge is -2.10. The number of nitrogens with one attached hydrogen (secondary N) is 1. The fourth-order valence-corrected chi connectivity index (χ4v) is 3.11. The standard InChI is InChI=1S/C15H15NO6S/c17-7-6-10-2-1-3-12(8-10)23(21,22)16-11-4-5-13(15(19)20)14(18)9-11/h1-5,8-9,16-18H,6-7H2,(H,19,20). The van der Waals surface area contributed by atoms with Crippen LogP contribution in [-0.4, -0.2) is 36.3 Å². The lowest BCUT2D eigenvalue weighted by Crippen LogP contribution is -2.13. The molecule has 0 radical (unpaired) electrons. The molecule has 0 atom stereocenters. The fourth-order valence-electron chi connectivity index (χ4n) is 1.99. The maximum atomic E-state index is 12.3. The van der Waals surface area contributed by atoms with Gasteiger partial charge in [-0.05, 0) is 36.2 Å². The van der Waals surface area contributed by atoms with Gasteiger partial charge in [-0.25, -0.2) is 13.2 Å². The Labute approximate surface area is 132 Å². The molecule has 122 valence electrons. The number of aliphatic hydroxyl groups is 1. The molecule has 7 nitrogen and oxygen atoms in total. The zero-order valence-corrected chi connectivity index (χ0v) is 12.7. The highest BCUT2D eigenvalue weighted by Gasteiger charge is 2.16. The van der Waals surface area contributed by atoms with Crippen molar-refractivity contribution in [3.63, 3.8) is 0 Å². The van der Waals surface area contributed by atoms with Crippen molar-refractivity contribution in [1.82, 2.24) is 0 Å². The molecular weight excluding hydrogens is 322 g/mol.